The maximum absolute atomic E-state index is 13.4. The van der Waals surface area contributed by atoms with Crippen LogP contribution >= 0.6 is 0 Å². The van der Waals surface area contributed by atoms with Crippen molar-refractivity contribution in [3.63, 3.8) is 0 Å². The summed E-state index contributed by atoms with van der Waals surface area (Å²) in [5.74, 6) is -0.384. The summed E-state index contributed by atoms with van der Waals surface area (Å²) >= 11 is 0. The van der Waals surface area contributed by atoms with Crippen molar-refractivity contribution in [3.8, 4) is 16.9 Å². The van der Waals surface area contributed by atoms with Gasteiger partial charge in [-0.3, -0.25) is 0 Å². The van der Waals surface area contributed by atoms with E-state index < -0.39 is 29.8 Å². The molecule has 8 heteroatoms. The predicted molar refractivity (Wildman–Crippen MR) is 149 cm³/mol. The first-order valence-electron chi connectivity index (χ1n) is 13.0. The molecule has 0 fully saturated rings. The molecule has 0 spiro atoms. The second-order valence-electron chi connectivity index (χ2n) is 9.72. The van der Waals surface area contributed by atoms with E-state index in [9.17, 15) is 14.7 Å². The highest BCUT2D eigenvalue weighted by Crippen LogP contribution is 2.44. The molecule has 3 aromatic carbocycles. The number of methoxy groups -OCH3 is 2. The van der Waals surface area contributed by atoms with Crippen LogP contribution in [-0.4, -0.2) is 55.7 Å². The Kier molecular flexibility index (Phi) is 7.89. The molecular weight excluding hydrogens is 510 g/mol. The molecule has 40 heavy (non-hydrogen) atoms. The van der Waals surface area contributed by atoms with Crippen LogP contribution in [0.3, 0.4) is 0 Å². The van der Waals surface area contributed by atoms with Crippen LogP contribution in [0.5, 0.6) is 5.75 Å². The summed E-state index contributed by atoms with van der Waals surface area (Å²) in [5, 5.41) is 12.9. The smallest absolute Gasteiger partial charge is 0.407 e. The lowest BCUT2D eigenvalue weighted by molar-refractivity contribution is -0.146. The molecule has 0 aromatic heterocycles. The number of ether oxygens (including phenoxy) is 4. The fraction of sp³-hybridized carbons (Fsp3) is 0.250. The van der Waals surface area contributed by atoms with Gasteiger partial charge in [0.15, 0.2) is 6.10 Å². The number of nitrogens with one attached hydrogen (secondary N) is 1. The number of amides is 1. The number of fused-ring (bicyclic) bond motifs is 3. The van der Waals surface area contributed by atoms with Crippen LogP contribution in [0.25, 0.3) is 11.1 Å². The van der Waals surface area contributed by atoms with Crippen molar-refractivity contribution in [2.45, 2.75) is 30.1 Å². The van der Waals surface area contributed by atoms with Crippen LogP contribution in [0, 0.1) is 0 Å². The normalized spacial score (nSPS) is 20.1. The number of aliphatic carboxylic acids is 1. The molecule has 2 N–H and O–H groups in total. The third kappa shape index (κ3) is 5.44. The van der Waals surface area contributed by atoms with Crippen molar-refractivity contribution in [2.75, 3.05) is 20.8 Å². The van der Waals surface area contributed by atoms with E-state index in [2.05, 4.69) is 17.4 Å². The number of carbonyl (C=O) groups is 2. The number of rotatable bonds is 10. The zero-order valence-corrected chi connectivity index (χ0v) is 22.3. The third-order valence-electron chi connectivity index (χ3n) is 7.36. The SMILES string of the molecule is COC1=CC(OC)C(CC(Oc2ccccc2)C(=O)O)(NC(=O)OCC2c3ccccc3-c3ccccc32)C=C1. The van der Waals surface area contributed by atoms with Gasteiger partial charge in [0, 0.05) is 19.4 Å². The molecule has 0 aliphatic heterocycles. The van der Waals surface area contributed by atoms with E-state index >= 15 is 0 Å². The molecule has 0 radical (unpaired) electrons. The molecular formula is C32H31NO7. The second kappa shape index (κ2) is 11.7. The summed E-state index contributed by atoms with van der Waals surface area (Å²) in [6.45, 7) is 0.110. The standard InChI is InChI=1S/C32H31NO7/c1-37-22-16-17-32(29(18-22)38-2,19-28(30(34)35)40-21-10-4-3-5-11-21)33-31(36)39-20-27-25-14-8-6-12-23(25)24-13-7-9-15-26(24)27/h3-18,27-29H,19-20H2,1-2H3,(H,33,36)(H,34,35). The summed E-state index contributed by atoms with van der Waals surface area (Å²) in [4.78, 5) is 25.6. The van der Waals surface area contributed by atoms with E-state index in [-0.39, 0.29) is 18.9 Å². The number of carboxylic acids is 1. The average Bonchev–Trinajstić information content (AvgIpc) is 3.30. The summed E-state index contributed by atoms with van der Waals surface area (Å²) in [6.07, 6.45) is 2.14. The highest BCUT2D eigenvalue weighted by atomic mass is 16.6. The molecule has 8 nitrogen and oxygen atoms in total. The van der Waals surface area contributed by atoms with Gasteiger partial charge in [0.2, 0.25) is 0 Å². The van der Waals surface area contributed by atoms with Crippen molar-refractivity contribution < 1.29 is 33.6 Å². The van der Waals surface area contributed by atoms with Crippen LogP contribution in [-0.2, 0) is 19.0 Å². The third-order valence-corrected chi connectivity index (χ3v) is 7.36. The first-order chi connectivity index (χ1) is 19.4. The Hall–Kier alpha value is -4.56. The fourth-order valence-electron chi connectivity index (χ4n) is 5.42. The van der Waals surface area contributed by atoms with E-state index in [1.807, 2.05) is 42.5 Å². The number of hydrogen-bond acceptors (Lipinski definition) is 6. The Morgan fingerprint density at radius 2 is 1.55 bits per heavy atom. The highest BCUT2D eigenvalue weighted by molar-refractivity contribution is 5.79. The molecule has 2 aliphatic rings. The van der Waals surface area contributed by atoms with Crippen LogP contribution in [0.15, 0.2) is 103 Å². The molecule has 1 amide bonds. The summed E-state index contributed by atoms with van der Waals surface area (Å²) < 4.78 is 22.7. The first-order valence-corrected chi connectivity index (χ1v) is 13.0. The first kappa shape index (κ1) is 27.0. The van der Waals surface area contributed by atoms with E-state index in [1.165, 1.54) is 14.2 Å². The lowest BCUT2D eigenvalue weighted by Gasteiger charge is -2.40. The molecule has 0 bridgehead atoms. The predicted octanol–water partition coefficient (Wildman–Crippen LogP) is 5.30. The Morgan fingerprint density at radius 3 is 2.15 bits per heavy atom. The molecule has 0 saturated carbocycles. The largest absolute Gasteiger partial charge is 0.497 e. The minimum Gasteiger partial charge on any atom is -0.497 e. The number of para-hydroxylation sites is 1. The zero-order valence-electron chi connectivity index (χ0n) is 22.3. The van der Waals surface area contributed by atoms with Gasteiger partial charge in [-0.05, 0) is 46.5 Å². The summed E-state index contributed by atoms with van der Waals surface area (Å²) in [6, 6.07) is 24.8. The number of hydrogen-bond donors (Lipinski definition) is 2. The van der Waals surface area contributed by atoms with Gasteiger partial charge in [-0.15, -0.1) is 0 Å². The monoisotopic (exact) mass is 541 g/mol. The number of benzene rings is 3. The van der Waals surface area contributed by atoms with Gasteiger partial charge in [0.05, 0.1) is 12.6 Å². The van der Waals surface area contributed by atoms with Crippen molar-refractivity contribution >= 4 is 12.1 Å². The number of carbonyl (C=O) groups excluding carboxylic acids is 1. The van der Waals surface area contributed by atoms with Crippen molar-refractivity contribution in [3.05, 3.63) is 114 Å². The van der Waals surface area contributed by atoms with Crippen LogP contribution < -0.4 is 10.1 Å². The fourth-order valence-corrected chi connectivity index (χ4v) is 5.42. The lowest BCUT2D eigenvalue weighted by atomic mass is 9.82. The van der Waals surface area contributed by atoms with Gasteiger partial charge in [0.25, 0.3) is 0 Å². The Morgan fingerprint density at radius 1 is 0.925 bits per heavy atom. The van der Waals surface area contributed by atoms with Gasteiger partial charge in [-0.2, -0.15) is 0 Å². The summed E-state index contributed by atoms with van der Waals surface area (Å²) in [7, 11) is 3.00. The molecule has 5 rings (SSSR count). The number of allylic oxidation sites excluding steroid dienone is 1. The molecule has 2 aliphatic carbocycles. The van der Waals surface area contributed by atoms with Crippen LogP contribution in [0.4, 0.5) is 4.79 Å². The van der Waals surface area contributed by atoms with E-state index in [0.29, 0.717) is 11.5 Å². The number of carboxylic acid groups (broad SMARTS) is 1. The zero-order chi connectivity index (χ0) is 28.1. The molecule has 206 valence electrons. The van der Waals surface area contributed by atoms with Gasteiger partial charge >= 0.3 is 12.1 Å². The van der Waals surface area contributed by atoms with Gasteiger partial charge in [0.1, 0.15) is 24.2 Å². The van der Waals surface area contributed by atoms with E-state index in [0.717, 1.165) is 22.3 Å². The molecule has 3 atom stereocenters. The van der Waals surface area contributed by atoms with Crippen LogP contribution in [0.1, 0.15) is 23.5 Å². The Labute approximate surface area is 232 Å². The minimum atomic E-state index is -1.30. The maximum atomic E-state index is 13.4. The van der Waals surface area contributed by atoms with E-state index in [1.54, 1.807) is 42.5 Å². The molecule has 0 saturated heterocycles. The summed E-state index contributed by atoms with van der Waals surface area (Å²) in [5.41, 5.74) is 3.13. The quantitative estimate of drug-likeness (QED) is 0.359. The maximum Gasteiger partial charge on any atom is 0.407 e. The van der Waals surface area contributed by atoms with Crippen molar-refractivity contribution in [1.82, 2.24) is 5.32 Å². The molecule has 3 unspecified atom stereocenters. The lowest BCUT2D eigenvalue weighted by Crippen LogP contribution is -2.59. The Balaban J connectivity index is 1.38. The molecule has 3 aromatic rings. The highest BCUT2D eigenvalue weighted by Gasteiger charge is 2.45. The average molecular weight is 542 g/mol. The Bertz CT molecular complexity index is 1390. The van der Waals surface area contributed by atoms with Gasteiger partial charge < -0.3 is 29.4 Å². The number of alkyl carbamates (subject to hydrolysis) is 1. The van der Waals surface area contributed by atoms with Gasteiger partial charge in [-0.1, -0.05) is 72.8 Å². The topological polar surface area (TPSA) is 103 Å². The van der Waals surface area contributed by atoms with E-state index in [4.69, 9.17) is 18.9 Å². The minimum absolute atomic E-state index is 0.110. The molecule has 0 heterocycles. The van der Waals surface area contributed by atoms with Gasteiger partial charge in [-0.25, -0.2) is 9.59 Å². The second-order valence-corrected chi connectivity index (χ2v) is 9.72. The van der Waals surface area contributed by atoms with Crippen LogP contribution in [0.2, 0.25) is 0 Å². The van der Waals surface area contributed by atoms with Crippen molar-refractivity contribution in [1.29, 1.82) is 0 Å². The van der Waals surface area contributed by atoms with Crippen molar-refractivity contribution in [2.24, 2.45) is 0 Å².